The summed E-state index contributed by atoms with van der Waals surface area (Å²) in [5.74, 6) is 0.376. The van der Waals surface area contributed by atoms with Crippen molar-refractivity contribution in [3.05, 3.63) is 35.9 Å². The molecule has 4 rings (SSSR count). The number of hydrogen-bond donors (Lipinski definition) is 1. The van der Waals surface area contributed by atoms with Crippen molar-refractivity contribution < 1.29 is 0 Å². The molecule has 2 heterocycles. The van der Waals surface area contributed by atoms with Gasteiger partial charge in [0.25, 0.3) is 0 Å². The predicted octanol–water partition coefficient (Wildman–Crippen LogP) is 2.29. The van der Waals surface area contributed by atoms with Crippen LogP contribution in [0.15, 0.2) is 24.7 Å². The molecule has 2 aromatic heterocycles. The summed E-state index contributed by atoms with van der Waals surface area (Å²) in [5.41, 5.74) is 10.6. The third kappa shape index (κ3) is 1.08. The second kappa shape index (κ2) is 3.28. The molecule has 0 saturated heterocycles. The van der Waals surface area contributed by atoms with Gasteiger partial charge < -0.3 is 5.73 Å². The van der Waals surface area contributed by atoms with E-state index in [-0.39, 0.29) is 5.41 Å². The van der Waals surface area contributed by atoms with Crippen LogP contribution in [0.25, 0.3) is 11.1 Å². The van der Waals surface area contributed by atoms with Gasteiger partial charge in [0.2, 0.25) is 5.95 Å². The molecule has 0 aliphatic heterocycles. The van der Waals surface area contributed by atoms with Gasteiger partial charge in [-0.05, 0) is 30.0 Å². The average Bonchev–Trinajstić information content (AvgIpc) is 2.98. The summed E-state index contributed by atoms with van der Waals surface area (Å²) in [7, 11) is 0. The number of rotatable bonds is 0. The number of fused-ring (bicyclic) bond motifs is 5. The fourth-order valence-corrected chi connectivity index (χ4v) is 3.58. The normalized spacial score (nSPS) is 18.9. The Balaban J connectivity index is 2.08. The molecular weight excluding hydrogens is 224 g/mol. The van der Waals surface area contributed by atoms with Crippen LogP contribution in [-0.4, -0.2) is 15.0 Å². The zero-order valence-corrected chi connectivity index (χ0v) is 10.1. The van der Waals surface area contributed by atoms with Gasteiger partial charge in [-0.15, -0.1) is 0 Å². The Morgan fingerprint density at radius 3 is 2.78 bits per heavy atom. The maximum Gasteiger partial charge on any atom is 0.220 e. The lowest BCUT2D eigenvalue weighted by atomic mass is 9.80. The number of nitrogens with zero attached hydrogens (tertiary/aromatic N) is 3. The number of nitrogen functional groups attached to an aromatic ring is 1. The van der Waals surface area contributed by atoms with Gasteiger partial charge in [0.1, 0.15) is 0 Å². The van der Waals surface area contributed by atoms with Crippen molar-refractivity contribution in [1.29, 1.82) is 0 Å². The monoisotopic (exact) mass is 238 g/mol. The Morgan fingerprint density at radius 2 is 1.94 bits per heavy atom. The van der Waals surface area contributed by atoms with Crippen molar-refractivity contribution in [2.24, 2.45) is 0 Å². The van der Waals surface area contributed by atoms with Crippen LogP contribution < -0.4 is 5.73 Å². The van der Waals surface area contributed by atoms with Gasteiger partial charge in [0, 0.05) is 29.6 Å². The van der Waals surface area contributed by atoms with Crippen LogP contribution in [0.4, 0.5) is 5.95 Å². The van der Waals surface area contributed by atoms with Crippen LogP contribution in [0.3, 0.4) is 0 Å². The molecule has 1 saturated carbocycles. The third-order valence-corrected chi connectivity index (χ3v) is 4.34. The maximum atomic E-state index is 5.78. The van der Waals surface area contributed by atoms with Crippen LogP contribution >= 0.6 is 0 Å². The van der Waals surface area contributed by atoms with Crippen LogP contribution in [0, 0.1) is 0 Å². The van der Waals surface area contributed by atoms with Gasteiger partial charge in [-0.2, -0.15) is 0 Å². The fraction of sp³-hybridized carbons (Fsp3) is 0.357. The molecule has 0 amide bonds. The van der Waals surface area contributed by atoms with E-state index in [1.54, 1.807) is 0 Å². The first kappa shape index (κ1) is 10.00. The Labute approximate surface area is 105 Å². The number of pyridine rings is 1. The maximum absolute atomic E-state index is 5.78. The minimum atomic E-state index is 0.0516. The van der Waals surface area contributed by atoms with E-state index in [9.17, 15) is 0 Å². The van der Waals surface area contributed by atoms with Crippen LogP contribution in [-0.2, 0) is 5.41 Å². The van der Waals surface area contributed by atoms with E-state index in [1.807, 2.05) is 18.6 Å². The lowest BCUT2D eigenvalue weighted by Crippen LogP contribution is -2.22. The summed E-state index contributed by atoms with van der Waals surface area (Å²) in [4.78, 5) is 13.0. The number of anilines is 1. The summed E-state index contributed by atoms with van der Waals surface area (Å²) in [6.07, 6.45) is 10.5. The molecule has 2 aliphatic rings. The summed E-state index contributed by atoms with van der Waals surface area (Å²) < 4.78 is 0. The first-order valence-electron chi connectivity index (χ1n) is 6.39. The SMILES string of the molecule is Nc1ncc2c(n1)C1(CCCC1)c1cnccc1-2. The summed E-state index contributed by atoms with van der Waals surface area (Å²) in [6.45, 7) is 0. The van der Waals surface area contributed by atoms with Crippen molar-refractivity contribution in [1.82, 2.24) is 15.0 Å². The molecule has 18 heavy (non-hydrogen) atoms. The first-order valence-corrected chi connectivity index (χ1v) is 6.39. The van der Waals surface area contributed by atoms with Crippen molar-refractivity contribution in [3.63, 3.8) is 0 Å². The zero-order chi connectivity index (χ0) is 12.2. The molecule has 2 N–H and O–H groups in total. The Hall–Kier alpha value is -1.97. The van der Waals surface area contributed by atoms with E-state index >= 15 is 0 Å². The highest BCUT2D eigenvalue weighted by atomic mass is 15.0. The number of nitrogens with two attached hydrogens (primary N) is 1. The summed E-state index contributed by atoms with van der Waals surface area (Å²) in [6, 6.07) is 2.07. The van der Waals surface area contributed by atoms with Gasteiger partial charge in [0.15, 0.2) is 0 Å². The van der Waals surface area contributed by atoms with Gasteiger partial charge in [-0.3, -0.25) is 4.98 Å². The standard InChI is InChI=1S/C14H14N4/c15-13-17-7-10-9-3-6-16-8-11(9)14(12(10)18-13)4-1-2-5-14/h3,6-8H,1-2,4-5H2,(H2,15,17,18). The van der Waals surface area contributed by atoms with E-state index in [1.165, 1.54) is 24.0 Å². The van der Waals surface area contributed by atoms with Crippen molar-refractivity contribution in [3.8, 4) is 11.1 Å². The molecule has 2 aliphatic carbocycles. The van der Waals surface area contributed by atoms with E-state index < -0.39 is 0 Å². The van der Waals surface area contributed by atoms with E-state index in [0.29, 0.717) is 5.95 Å². The van der Waals surface area contributed by atoms with E-state index in [0.717, 1.165) is 24.1 Å². The first-order chi connectivity index (χ1) is 8.81. The van der Waals surface area contributed by atoms with Gasteiger partial charge in [-0.25, -0.2) is 9.97 Å². The highest BCUT2D eigenvalue weighted by Gasteiger charge is 2.46. The molecule has 4 nitrogen and oxygen atoms in total. The van der Waals surface area contributed by atoms with Gasteiger partial charge >= 0.3 is 0 Å². The Kier molecular flexibility index (Phi) is 1.82. The average molecular weight is 238 g/mol. The smallest absolute Gasteiger partial charge is 0.220 e. The van der Waals surface area contributed by atoms with Gasteiger partial charge in [-0.1, -0.05) is 12.8 Å². The van der Waals surface area contributed by atoms with E-state index in [2.05, 4.69) is 21.0 Å². The van der Waals surface area contributed by atoms with Crippen LogP contribution in [0.2, 0.25) is 0 Å². The second-order valence-corrected chi connectivity index (χ2v) is 5.20. The van der Waals surface area contributed by atoms with Gasteiger partial charge in [0.05, 0.1) is 5.69 Å². The fourth-order valence-electron chi connectivity index (χ4n) is 3.58. The molecule has 0 bridgehead atoms. The molecule has 1 spiro atoms. The molecule has 90 valence electrons. The van der Waals surface area contributed by atoms with Crippen molar-refractivity contribution in [2.45, 2.75) is 31.1 Å². The molecule has 1 fully saturated rings. The zero-order valence-electron chi connectivity index (χ0n) is 10.1. The molecule has 0 atom stereocenters. The number of hydrogen-bond acceptors (Lipinski definition) is 4. The quantitative estimate of drug-likeness (QED) is 0.764. The molecular formula is C14H14N4. The minimum Gasteiger partial charge on any atom is -0.368 e. The highest BCUT2D eigenvalue weighted by Crippen LogP contribution is 2.55. The Morgan fingerprint density at radius 1 is 1.11 bits per heavy atom. The molecule has 0 unspecified atom stereocenters. The molecule has 2 aromatic rings. The summed E-state index contributed by atoms with van der Waals surface area (Å²) in [5, 5.41) is 0. The highest BCUT2D eigenvalue weighted by molar-refractivity contribution is 5.79. The topological polar surface area (TPSA) is 64.7 Å². The lowest BCUT2D eigenvalue weighted by Gasteiger charge is -2.24. The van der Waals surface area contributed by atoms with Crippen LogP contribution in [0.1, 0.15) is 36.9 Å². The summed E-state index contributed by atoms with van der Waals surface area (Å²) >= 11 is 0. The van der Waals surface area contributed by atoms with Crippen molar-refractivity contribution in [2.75, 3.05) is 5.73 Å². The lowest BCUT2D eigenvalue weighted by molar-refractivity contribution is 0.531. The molecule has 4 heteroatoms. The minimum absolute atomic E-state index is 0.0516. The molecule has 0 radical (unpaired) electrons. The predicted molar refractivity (Wildman–Crippen MR) is 68.9 cm³/mol. The Bertz CT molecular complexity index is 629. The number of aromatic nitrogens is 3. The van der Waals surface area contributed by atoms with E-state index in [4.69, 9.17) is 5.73 Å². The largest absolute Gasteiger partial charge is 0.368 e. The molecule has 0 aromatic carbocycles. The second-order valence-electron chi connectivity index (χ2n) is 5.20. The van der Waals surface area contributed by atoms with Crippen molar-refractivity contribution >= 4 is 5.95 Å². The van der Waals surface area contributed by atoms with Crippen LogP contribution in [0.5, 0.6) is 0 Å². The third-order valence-electron chi connectivity index (χ3n) is 4.34.